The molecule has 0 saturated heterocycles. The Kier molecular flexibility index (Phi) is 6.07. The quantitative estimate of drug-likeness (QED) is 0.798. The summed E-state index contributed by atoms with van der Waals surface area (Å²) in [6.45, 7) is 3.67. The highest BCUT2D eigenvalue weighted by Gasteiger charge is 2.17. The van der Waals surface area contributed by atoms with Crippen LogP contribution in [0, 0.1) is 36.8 Å². The van der Waals surface area contributed by atoms with Gasteiger partial charge in [-0.15, -0.1) is 0 Å². The summed E-state index contributed by atoms with van der Waals surface area (Å²) in [5.74, 6) is -2.21. The Morgan fingerprint density at radius 2 is 1.92 bits per heavy atom. The van der Waals surface area contributed by atoms with Crippen molar-refractivity contribution in [2.45, 2.75) is 20.3 Å². The third-order valence-electron chi connectivity index (χ3n) is 3.80. The largest absolute Gasteiger partial charge is 0.481 e. The molecule has 0 unspecified atom stereocenters. The molecule has 2 rings (SSSR count). The summed E-state index contributed by atoms with van der Waals surface area (Å²) >= 11 is 0. The second-order valence-corrected chi connectivity index (χ2v) is 5.59. The molecule has 0 saturated carbocycles. The standard InChI is InChI=1S/C19H18F2N2O2/c1-13-4-6-16(10-14(13)2)23(9-3-8-22)19(24)12-25-18-7-5-15(20)11-17(18)21/h4-7,10-11H,3,9,12H2,1-2H3. The van der Waals surface area contributed by atoms with Crippen molar-refractivity contribution in [1.29, 1.82) is 5.26 Å². The summed E-state index contributed by atoms with van der Waals surface area (Å²) in [5, 5.41) is 8.81. The van der Waals surface area contributed by atoms with Gasteiger partial charge in [0.15, 0.2) is 18.2 Å². The molecule has 0 aliphatic carbocycles. The van der Waals surface area contributed by atoms with E-state index in [4.69, 9.17) is 10.00 Å². The Morgan fingerprint density at radius 1 is 1.16 bits per heavy atom. The summed E-state index contributed by atoms with van der Waals surface area (Å²) in [7, 11) is 0. The summed E-state index contributed by atoms with van der Waals surface area (Å²) in [4.78, 5) is 13.9. The molecular weight excluding hydrogens is 326 g/mol. The van der Waals surface area contributed by atoms with Crippen LogP contribution in [0.4, 0.5) is 14.5 Å². The fraction of sp³-hybridized carbons (Fsp3) is 0.263. The van der Waals surface area contributed by atoms with Crippen molar-refractivity contribution < 1.29 is 18.3 Å². The molecule has 2 aromatic rings. The first-order valence-electron chi connectivity index (χ1n) is 7.75. The number of amides is 1. The van der Waals surface area contributed by atoms with Crippen LogP contribution in [0.2, 0.25) is 0 Å². The van der Waals surface area contributed by atoms with Gasteiger partial charge in [-0.25, -0.2) is 8.78 Å². The molecule has 0 N–H and O–H groups in total. The van der Waals surface area contributed by atoms with Crippen molar-refractivity contribution in [2.75, 3.05) is 18.1 Å². The van der Waals surface area contributed by atoms with Gasteiger partial charge >= 0.3 is 0 Å². The minimum Gasteiger partial charge on any atom is -0.481 e. The molecule has 0 spiro atoms. The van der Waals surface area contributed by atoms with Crippen LogP contribution in [-0.4, -0.2) is 19.1 Å². The molecule has 0 bridgehead atoms. The predicted molar refractivity (Wildman–Crippen MR) is 90.4 cm³/mol. The summed E-state index contributed by atoms with van der Waals surface area (Å²) in [5.41, 5.74) is 2.74. The van der Waals surface area contributed by atoms with E-state index in [1.807, 2.05) is 32.0 Å². The number of ether oxygens (including phenoxy) is 1. The molecule has 0 radical (unpaired) electrons. The molecule has 0 fully saturated rings. The van der Waals surface area contributed by atoms with E-state index in [0.29, 0.717) is 11.8 Å². The van der Waals surface area contributed by atoms with Gasteiger partial charge in [0, 0.05) is 18.3 Å². The molecular formula is C19H18F2N2O2. The fourth-order valence-electron chi connectivity index (χ4n) is 2.26. The molecule has 0 aliphatic heterocycles. The van der Waals surface area contributed by atoms with E-state index in [1.165, 1.54) is 4.90 Å². The maximum atomic E-state index is 13.6. The van der Waals surface area contributed by atoms with Gasteiger partial charge in [0.2, 0.25) is 0 Å². The van der Waals surface area contributed by atoms with Crippen molar-refractivity contribution in [1.82, 2.24) is 0 Å². The van der Waals surface area contributed by atoms with E-state index in [1.54, 1.807) is 6.07 Å². The van der Waals surface area contributed by atoms with Gasteiger partial charge in [-0.3, -0.25) is 4.79 Å². The van der Waals surface area contributed by atoms with Crippen molar-refractivity contribution in [3.05, 3.63) is 59.2 Å². The van der Waals surface area contributed by atoms with Gasteiger partial charge in [0.05, 0.1) is 12.5 Å². The topological polar surface area (TPSA) is 53.3 Å². The van der Waals surface area contributed by atoms with Crippen molar-refractivity contribution in [3.8, 4) is 11.8 Å². The number of hydrogen-bond acceptors (Lipinski definition) is 3. The van der Waals surface area contributed by atoms with E-state index in [-0.39, 0.29) is 18.7 Å². The fourth-order valence-corrected chi connectivity index (χ4v) is 2.26. The van der Waals surface area contributed by atoms with Crippen molar-refractivity contribution >= 4 is 11.6 Å². The maximum absolute atomic E-state index is 13.6. The van der Waals surface area contributed by atoms with Crippen LogP contribution in [0.15, 0.2) is 36.4 Å². The molecule has 25 heavy (non-hydrogen) atoms. The molecule has 0 atom stereocenters. The second-order valence-electron chi connectivity index (χ2n) is 5.59. The van der Waals surface area contributed by atoms with Gasteiger partial charge in [0.1, 0.15) is 5.82 Å². The van der Waals surface area contributed by atoms with Crippen LogP contribution in [0.25, 0.3) is 0 Å². The van der Waals surface area contributed by atoms with Crippen LogP contribution >= 0.6 is 0 Å². The van der Waals surface area contributed by atoms with Gasteiger partial charge in [-0.1, -0.05) is 6.07 Å². The summed E-state index contributed by atoms with van der Waals surface area (Å²) in [6.07, 6.45) is 0.156. The smallest absolute Gasteiger partial charge is 0.264 e. The molecule has 0 heterocycles. The SMILES string of the molecule is Cc1ccc(N(CCC#N)C(=O)COc2ccc(F)cc2F)cc1C. The molecule has 130 valence electrons. The Hall–Kier alpha value is -2.94. The first kappa shape index (κ1) is 18.4. The van der Waals surface area contributed by atoms with E-state index in [0.717, 1.165) is 23.3 Å². The average molecular weight is 344 g/mol. The zero-order valence-corrected chi connectivity index (χ0v) is 14.1. The number of carbonyl (C=O) groups excluding carboxylic acids is 1. The van der Waals surface area contributed by atoms with Crippen LogP contribution in [0.1, 0.15) is 17.5 Å². The molecule has 0 aliphatic rings. The lowest BCUT2D eigenvalue weighted by Gasteiger charge is -2.23. The monoisotopic (exact) mass is 344 g/mol. The van der Waals surface area contributed by atoms with Crippen LogP contribution in [-0.2, 0) is 4.79 Å². The Bertz CT molecular complexity index is 816. The highest BCUT2D eigenvalue weighted by atomic mass is 19.1. The van der Waals surface area contributed by atoms with Crippen LogP contribution < -0.4 is 9.64 Å². The molecule has 0 aromatic heterocycles. The minimum atomic E-state index is -0.873. The van der Waals surface area contributed by atoms with Gasteiger partial charge in [-0.2, -0.15) is 5.26 Å². The highest BCUT2D eigenvalue weighted by Crippen LogP contribution is 2.21. The molecule has 4 nitrogen and oxygen atoms in total. The lowest BCUT2D eigenvalue weighted by molar-refractivity contribution is -0.120. The Balaban J connectivity index is 2.15. The average Bonchev–Trinajstić information content (AvgIpc) is 2.57. The summed E-state index contributed by atoms with van der Waals surface area (Å²) < 4.78 is 31.7. The maximum Gasteiger partial charge on any atom is 0.264 e. The third-order valence-corrected chi connectivity index (χ3v) is 3.80. The predicted octanol–water partition coefficient (Wildman–Crippen LogP) is 3.91. The van der Waals surface area contributed by atoms with Crippen molar-refractivity contribution in [2.24, 2.45) is 0 Å². The van der Waals surface area contributed by atoms with Crippen LogP contribution in [0.3, 0.4) is 0 Å². The van der Waals surface area contributed by atoms with E-state index in [2.05, 4.69) is 0 Å². The molecule has 2 aromatic carbocycles. The van der Waals surface area contributed by atoms with E-state index >= 15 is 0 Å². The second kappa shape index (κ2) is 8.25. The number of hydrogen-bond donors (Lipinski definition) is 0. The highest BCUT2D eigenvalue weighted by molar-refractivity contribution is 5.94. The first-order valence-corrected chi connectivity index (χ1v) is 7.75. The number of benzene rings is 2. The number of rotatable bonds is 6. The lowest BCUT2D eigenvalue weighted by Crippen LogP contribution is -2.35. The number of nitriles is 1. The first-order chi connectivity index (χ1) is 11.9. The minimum absolute atomic E-state index is 0.156. The van der Waals surface area contributed by atoms with Gasteiger partial charge < -0.3 is 9.64 Å². The zero-order valence-electron chi connectivity index (χ0n) is 14.1. The Morgan fingerprint density at radius 3 is 2.56 bits per heavy atom. The van der Waals surface area contributed by atoms with Crippen molar-refractivity contribution in [3.63, 3.8) is 0 Å². The molecule has 6 heteroatoms. The number of halogens is 2. The zero-order chi connectivity index (χ0) is 18.4. The lowest BCUT2D eigenvalue weighted by atomic mass is 10.1. The van der Waals surface area contributed by atoms with E-state index < -0.39 is 24.1 Å². The number of carbonyl (C=O) groups is 1. The number of nitrogens with zero attached hydrogens (tertiary/aromatic N) is 2. The Labute approximate surface area is 145 Å². The number of aryl methyl sites for hydroxylation is 2. The third kappa shape index (κ3) is 4.77. The van der Waals surface area contributed by atoms with E-state index in [9.17, 15) is 13.6 Å². The normalized spacial score (nSPS) is 10.2. The van der Waals surface area contributed by atoms with Gasteiger partial charge in [-0.05, 0) is 49.2 Å². The van der Waals surface area contributed by atoms with Crippen LogP contribution in [0.5, 0.6) is 5.75 Å². The summed E-state index contributed by atoms with van der Waals surface area (Å²) in [6, 6.07) is 10.4. The van der Waals surface area contributed by atoms with Gasteiger partial charge in [0.25, 0.3) is 5.91 Å². The molecule has 1 amide bonds. The number of anilines is 1.